The van der Waals surface area contributed by atoms with Crippen molar-refractivity contribution in [2.75, 3.05) is 13.1 Å². The molecule has 0 aromatic carbocycles. The summed E-state index contributed by atoms with van der Waals surface area (Å²) in [5.74, 6) is 1.89. The minimum atomic E-state index is 0.286. The Bertz CT molecular complexity index is 445. The van der Waals surface area contributed by atoms with Crippen LogP contribution < -0.4 is 0 Å². The molecule has 0 radical (unpaired) electrons. The molecule has 2 heterocycles. The maximum Gasteiger partial charge on any atom is 0.225 e. The van der Waals surface area contributed by atoms with Crippen molar-refractivity contribution in [3.63, 3.8) is 0 Å². The third-order valence-electron chi connectivity index (χ3n) is 4.82. The third-order valence-corrected chi connectivity index (χ3v) is 5.76. The van der Waals surface area contributed by atoms with Crippen LogP contribution in [0.5, 0.6) is 0 Å². The van der Waals surface area contributed by atoms with Gasteiger partial charge in [0.25, 0.3) is 0 Å². The standard InChI is InChI=1S/C16H24N2OS/c1-12-4-2-5-13(10-12)16(19)18-8-3-6-14(11-18)15-17-7-9-20-15/h7,9,12-14H,2-6,8,10-11H2,1H3/t12-,13+,14-/m1/s1. The van der Waals surface area contributed by atoms with E-state index in [9.17, 15) is 4.79 Å². The summed E-state index contributed by atoms with van der Waals surface area (Å²) < 4.78 is 0. The van der Waals surface area contributed by atoms with E-state index in [0.717, 1.165) is 38.3 Å². The van der Waals surface area contributed by atoms with Crippen LogP contribution in [0, 0.1) is 11.8 Å². The van der Waals surface area contributed by atoms with E-state index in [4.69, 9.17) is 0 Å². The number of likely N-dealkylation sites (tertiary alicyclic amines) is 1. The van der Waals surface area contributed by atoms with Crippen molar-refractivity contribution in [3.8, 4) is 0 Å². The lowest BCUT2D eigenvalue weighted by Gasteiger charge is -2.36. The first kappa shape index (κ1) is 14.1. The van der Waals surface area contributed by atoms with Crippen molar-refractivity contribution >= 4 is 17.2 Å². The molecule has 1 aliphatic carbocycles. The van der Waals surface area contributed by atoms with E-state index in [2.05, 4.69) is 16.8 Å². The number of nitrogens with zero attached hydrogens (tertiary/aromatic N) is 2. The van der Waals surface area contributed by atoms with E-state index in [1.54, 1.807) is 11.3 Å². The molecule has 4 heteroatoms. The van der Waals surface area contributed by atoms with Crippen molar-refractivity contribution in [2.24, 2.45) is 11.8 Å². The lowest BCUT2D eigenvalue weighted by Crippen LogP contribution is -2.43. The van der Waals surface area contributed by atoms with Crippen LogP contribution in [0.25, 0.3) is 0 Å². The van der Waals surface area contributed by atoms with Crippen LogP contribution in [0.4, 0.5) is 0 Å². The van der Waals surface area contributed by atoms with Gasteiger partial charge in [0.1, 0.15) is 0 Å². The lowest BCUT2D eigenvalue weighted by molar-refractivity contribution is -0.138. The van der Waals surface area contributed by atoms with E-state index in [1.165, 1.54) is 24.3 Å². The van der Waals surface area contributed by atoms with E-state index < -0.39 is 0 Å². The fourth-order valence-corrected chi connectivity index (χ4v) is 4.50. The molecule has 110 valence electrons. The second kappa shape index (κ2) is 6.25. The summed E-state index contributed by atoms with van der Waals surface area (Å²) in [5, 5.41) is 3.25. The van der Waals surface area contributed by atoms with Gasteiger partial charge in [-0.2, -0.15) is 0 Å². The zero-order valence-corrected chi connectivity index (χ0v) is 13.1. The second-order valence-corrected chi connectivity index (χ2v) is 7.39. The molecule has 3 rings (SSSR count). The van der Waals surface area contributed by atoms with E-state index >= 15 is 0 Å². The Morgan fingerprint density at radius 3 is 3.00 bits per heavy atom. The maximum atomic E-state index is 12.7. The van der Waals surface area contributed by atoms with Gasteiger partial charge >= 0.3 is 0 Å². The number of piperidine rings is 1. The van der Waals surface area contributed by atoms with Crippen LogP contribution in [0.1, 0.15) is 56.4 Å². The van der Waals surface area contributed by atoms with Crippen molar-refractivity contribution in [1.82, 2.24) is 9.88 Å². The molecule has 1 saturated heterocycles. The number of hydrogen-bond acceptors (Lipinski definition) is 3. The highest BCUT2D eigenvalue weighted by Gasteiger charge is 2.32. The smallest absolute Gasteiger partial charge is 0.225 e. The topological polar surface area (TPSA) is 33.2 Å². The van der Waals surface area contributed by atoms with Gasteiger partial charge in [-0.25, -0.2) is 4.98 Å². The summed E-state index contributed by atoms with van der Waals surface area (Å²) in [4.78, 5) is 19.3. The highest BCUT2D eigenvalue weighted by atomic mass is 32.1. The van der Waals surface area contributed by atoms with Gasteiger partial charge in [0.2, 0.25) is 5.91 Å². The van der Waals surface area contributed by atoms with Gasteiger partial charge in [-0.3, -0.25) is 4.79 Å². The first-order valence-electron chi connectivity index (χ1n) is 7.92. The Kier molecular flexibility index (Phi) is 4.39. The molecule has 1 aromatic rings. The first-order valence-corrected chi connectivity index (χ1v) is 8.80. The van der Waals surface area contributed by atoms with E-state index in [1.807, 2.05) is 11.6 Å². The number of hydrogen-bond donors (Lipinski definition) is 0. The summed E-state index contributed by atoms with van der Waals surface area (Å²) in [5.41, 5.74) is 0. The van der Waals surface area contributed by atoms with E-state index in [-0.39, 0.29) is 5.92 Å². The van der Waals surface area contributed by atoms with Crippen molar-refractivity contribution < 1.29 is 4.79 Å². The van der Waals surface area contributed by atoms with Crippen LogP contribution in [0.15, 0.2) is 11.6 Å². The number of amides is 1. The highest BCUT2D eigenvalue weighted by Crippen LogP contribution is 2.33. The normalized spacial score (nSPS) is 31.2. The fourth-order valence-electron chi connectivity index (χ4n) is 3.73. The van der Waals surface area contributed by atoms with Gasteiger partial charge in [0.05, 0.1) is 5.01 Å². The molecule has 20 heavy (non-hydrogen) atoms. The average molecular weight is 292 g/mol. The Morgan fingerprint density at radius 2 is 2.25 bits per heavy atom. The molecule has 0 N–H and O–H groups in total. The average Bonchev–Trinajstić information content (AvgIpc) is 3.01. The first-order chi connectivity index (χ1) is 9.74. The number of carbonyl (C=O) groups excluding carboxylic acids is 1. The summed E-state index contributed by atoms with van der Waals surface area (Å²) in [7, 11) is 0. The molecular weight excluding hydrogens is 268 g/mol. The molecule has 3 atom stereocenters. The largest absolute Gasteiger partial charge is 0.342 e. The number of aromatic nitrogens is 1. The van der Waals surface area contributed by atoms with Gasteiger partial charge in [-0.15, -0.1) is 11.3 Å². The Morgan fingerprint density at radius 1 is 1.35 bits per heavy atom. The predicted molar refractivity (Wildman–Crippen MR) is 81.8 cm³/mol. The second-order valence-electron chi connectivity index (χ2n) is 6.46. The SMILES string of the molecule is C[C@@H]1CCC[C@H](C(=O)N2CCC[C@@H](c3nccs3)C2)C1. The lowest BCUT2D eigenvalue weighted by atomic mass is 9.81. The Hall–Kier alpha value is -0.900. The van der Waals surface area contributed by atoms with Gasteiger partial charge in [0, 0.05) is 36.5 Å². The molecule has 1 aromatic heterocycles. The van der Waals surface area contributed by atoms with Crippen LogP contribution >= 0.6 is 11.3 Å². The summed E-state index contributed by atoms with van der Waals surface area (Å²) in [6, 6.07) is 0. The summed E-state index contributed by atoms with van der Waals surface area (Å²) in [6.07, 6.45) is 8.89. The highest BCUT2D eigenvalue weighted by molar-refractivity contribution is 7.09. The van der Waals surface area contributed by atoms with Gasteiger partial charge in [-0.1, -0.05) is 19.8 Å². The zero-order valence-electron chi connectivity index (χ0n) is 12.3. The van der Waals surface area contributed by atoms with Crippen molar-refractivity contribution in [3.05, 3.63) is 16.6 Å². The molecule has 1 saturated carbocycles. The van der Waals surface area contributed by atoms with Gasteiger partial charge in [0.15, 0.2) is 0 Å². The van der Waals surface area contributed by atoms with Crippen LogP contribution in [-0.2, 0) is 4.79 Å². The third kappa shape index (κ3) is 3.05. The molecule has 2 fully saturated rings. The molecule has 2 aliphatic rings. The van der Waals surface area contributed by atoms with Crippen LogP contribution in [0.2, 0.25) is 0 Å². The number of thiazole rings is 1. The molecule has 1 aliphatic heterocycles. The fraction of sp³-hybridized carbons (Fsp3) is 0.750. The van der Waals surface area contributed by atoms with Crippen LogP contribution in [0.3, 0.4) is 0 Å². The van der Waals surface area contributed by atoms with Gasteiger partial charge < -0.3 is 4.90 Å². The molecule has 0 unspecified atom stereocenters. The monoisotopic (exact) mass is 292 g/mol. The molecule has 0 bridgehead atoms. The molecular formula is C16H24N2OS. The minimum Gasteiger partial charge on any atom is -0.342 e. The Balaban J connectivity index is 1.63. The predicted octanol–water partition coefficient (Wildman–Crippen LogP) is 3.68. The molecule has 3 nitrogen and oxygen atoms in total. The van der Waals surface area contributed by atoms with Crippen molar-refractivity contribution in [2.45, 2.75) is 51.4 Å². The summed E-state index contributed by atoms with van der Waals surface area (Å²) >= 11 is 1.73. The van der Waals surface area contributed by atoms with Gasteiger partial charge in [-0.05, 0) is 31.6 Å². The maximum absolute atomic E-state index is 12.7. The number of carbonyl (C=O) groups is 1. The van der Waals surface area contributed by atoms with Crippen molar-refractivity contribution in [1.29, 1.82) is 0 Å². The molecule has 1 amide bonds. The van der Waals surface area contributed by atoms with E-state index in [0.29, 0.717) is 11.8 Å². The quantitative estimate of drug-likeness (QED) is 0.833. The minimum absolute atomic E-state index is 0.286. The Labute approximate surface area is 125 Å². The molecule has 0 spiro atoms. The zero-order chi connectivity index (χ0) is 13.9. The summed E-state index contributed by atoms with van der Waals surface area (Å²) in [6.45, 7) is 4.12. The number of rotatable bonds is 2. The van der Waals surface area contributed by atoms with Crippen LogP contribution in [-0.4, -0.2) is 28.9 Å².